The Morgan fingerprint density at radius 3 is 0.596 bits per heavy atom. The fourth-order valence-corrected chi connectivity index (χ4v) is 4.01. The molecule has 0 atom stereocenters. The van der Waals surface area contributed by atoms with Crippen LogP contribution in [-0.4, -0.2) is 17.9 Å². The normalized spacial score (nSPS) is 13.4. The topological polar surface area (TPSA) is 20.2 Å². The second kappa shape index (κ2) is 13.1. The van der Waals surface area contributed by atoms with Crippen molar-refractivity contribution in [3.8, 4) is 0 Å². The van der Waals surface area contributed by atoms with E-state index in [9.17, 15) is 79.0 Å². The predicted octanol–water partition coefficient (Wildman–Crippen LogP) is 8.70. The molecule has 260 valence electrons. The van der Waals surface area contributed by atoms with Crippen LogP contribution in [0.4, 0.5) is 79.0 Å². The SMILES string of the molecule is CC(C)O.FC(F)(F)c1cc(B(c2cc(C(F)(F)F)cc(C(F)(F)F)c2)c2cc(C(F)(F)F)cc(C(F)(F)F)c2)cc(C(F)(F)F)c1. The van der Waals surface area contributed by atoms with Gasteiger partial charge in [0.25, 0.3) is 0 Å². The third-order valence-electron chi connectivity index (χ3n) is 5.83. The van der Waals surface area contributed by atoms with Crippen LogP contribution in [0.3, 0.4) is 0 Å². The van der Waals surface area contributed by atoms with Gasteiger partial charge in [-0.25, -0.2) is 0 Å². The third kappa shape index (κ3) is 10.7. The minimum atomic E-state index is -5.67. The van der Waals surface area contributed by atoms with Crippen molar-refractivity contribution in [1.82, 2.24) is 0 Å². The van der Waals surface area contributed by atoms with Crippen molar-refractivity contribution in [2.24, 2.45) is 0 Å². The molecule has 3 aromatic carbocycles. The van der Waals surface area contributed by atoms with E-state index in [-0.39, 0.29) is 42.5 Å². The van der Waals surface area contributed by atoms with Crippen molar-refractivity contribution in [2.45, 2.75) is 57.0 Å². The molecule has 0 aliphatic rings. The summed E-state index contributed by atoms with van der Waals surface area (Å²) in [7, 11) is 0. The van der Waals surface area contributed by atoms with Crippen molar-refractivity contribution in [2.75, 3.05) is 0 Å². The third-order valence-corrected chi connectivity index (χ3v) is 5.83. The Labute approximate surface area is 252 Å². The van der Waals surface area contributed by atoms with Crippen LogP contribution in [0.1, 0.15) is 47.2 Å². The zero-order valence-corrected chi connectivity index (χ0v) is 23.1. The standard InChI is InChI=1S/C24H9BF18.C3H8O/c26-19(27,28)10-1-11(20(29,30)31)5-16(4-10)25(17-6-12(21(32,33)34)2-13(7-17)22(35,36)37)18-8-14(23(38,39)40)3-15(9-18)24(41,42)43;1-3(2)4/h1-9H;3-4H,1-2H3. The molecule has 0 aliphatic heterocycles. The molecular weight excluding hydrogens is 693 g/mol. The molecule has 3 aromatic rings. The summed E-state index contributed by atoms with van der Waals surface area (Å²) >= 11 is 0. The van der Waals surface area contributed by atoms with Crippen molar-refractivity contribution in [3.05, 3.63) is 88.0 Å². The number of rotatable bonds is 3. The summed E-state index contributed by atoms with van der Waals surface area (Å²) in [5, 5.41) is 8.06. The lowest BCUT2D eigenvalue weighted by atomic mass is 9.36. The summed E-state index contributed by atoms with van der Waals surface area (Å²) in [5.74, 6) is 0. The molecule has 1 nitrogen and oxygen atoms in total. The van der Waals surface area contributed by atoms with Gasteiger partial charge in [0.05, 0.1) is 33.4 Å². The van der Waals surface area contributed by atoms with Gasteiger partial charge in [0, 0.05) is 6.10 Å². The zero-order chi connectivity index (χ0) is 36.7. The molecule has 0 amide bonds. The molecule has 0 unspecified atom stereocenters. The van der Waals surface area contributed by atoms with Gasteiger partial charge in [-0.1, -0.05) is 52.8 Å². The van der Waals surface area contributed by atoms with Crippen molar-refractivity contribution in [3.63, 3.8) is 0 Å². The summed E-state index contributed by atoms with van der Waals surface area (Å²) in [5.41, 5.74) is -17.7. The van der Waals surface area contributed by atoms with Crippen LogP contribution in [0.5, 0.6) is 0 Å². The number of alkyl halides is 18. The van der Waals surface area contributed by atoms with E-state index in [1.54, 1.807) is 13.8 Å². The van der Waals surface area contributed by atoms with Gasteiger partial charge in [0.2, 0.25) is 6.71 Å². The van der Waals surface area contributed by atoms with Gasteiger partial charge in [0.15, 0.2) is 0 Å². The second-order valence-electron chi connectivity index (χ2n) is 10.0. The summed E-state index contributed by atoms with van der Waals surface area (Å²) in [6.07, 6.45) is -34.2. The Morgan fingerprint density at radius 2 is 0.489 bits per heavy atom. The van der Waals surface area contributed by atoms with E-state index < -0.39 is 112 Å². The van der Waals surface area contributed by atoms with E-state index in [0.717, 1.165) is 0 Å². The van der Waals surface area contributed by atoms with E-state index in [2.05, 4.69) is 0 Å². The first-order chi connectivity index (χ1) is 20.8. The maximum absolute atomic E-state index is 13.5. The van der Waals surface area contributed by atoms with E-state index in [4.69, 9.17) is 5.11 Å². The molecule has 1 N–H and O–H groups in total. The first-order valence-corrected chi connectivity index (χ1v) is 12.4. The Kier molecular flexibility index (Phi) is 11.1. The molecule has 0 aromatic heterocycles. The molecule has 0 saturated carbocycles. The van der Waals surface area contributed by atoms with Crippen molar-refractivity contribution in [1.29, 1.82) is 0 Å². The van der Waals surface area contributed by atoms with Gasteiger partial charge >= 0.3 is 37.1 Å². The number of aliphatic hydroxyl groups is 1. The van der Waals surface area contributed by atoms with Crippen molar-refractivity contribution >= 4 is 23.1 Å². The highest BCUT2D eigenvalue weighted by Crippen LogP contribution is 2.38. The maximum atomic E-state index is 13.5. The van der Waals surface area contributed by atoms with Crippen LogP contribution < -0.4 is 16.4 Å². The Balaban J connectivity index is 0.00000181. The Morgan fingerprint density at radius 1 is 0.362 bits per heavy atom. The molecular formula is C27H17BF18O. The highest BCUT2D eigenvalue weighted by Gasteiger charge is 2.43. The first kappa shape index (κ1) is 39.6. The van der Waals surface area contributed by atoms with E-state index >= 15 is 0 Å². The van der Waals surface area contributed by atoms with Gasteiger partial charge in [-0.3, -0.25) is 0 Å². The molecule has 0 saturated heterocycles. The first-order valence-electron chi connectivity index (χ1n) is 12.4. The fraction of sp³-hybridized carbons (Fsp3) is 0.333. The van der Waals surface area contributed by atoms with Gasteiger partial charge in [-0.15, -0.1) is 0 Å². The van der Waals surface area contributed by atoms with Crippen LogP contribution in [0.2, 0.25) is 0 Å². The maximum Gasteiger partial charge on any atom is 0.416 e. The molecule has 0 heterocycles. The monoisotopic (exact) mass is 710 g/mol. The predicted molar refractivity (Wildman–Crippen MR) is 131 cm³/mol. The lowest BCUT2D eigenvalue weighted by Gasteiger charge is -2.23. The van der Waals surface area contributed by atoms with E-state index in [1.807, 2.05) is 0 Å². The number of hydrogen-bond donors (Lipinski definition) is 1. The number of halogens is 18. The summed E-state index contributed by atoms with van der Waals surface area (Å²) in [6.45, 7) is 0.565. The molecule has 47 heavy (non-hydrogen) atoms. The molecule has 20 heteroatoms. The highest BCUT2D eigenvalue weighted by atomic mass is 19.4. The van der Waals surface area contributed by atoms with Gasteiger partial charge < -0.3 is 5.11 Å². The zero-order valence-electron chi connectivity index (χ0n) is 23.1. The second-order valence-corrected chi connectivity index (χ2v) is 10.0. The Hall–Kier alpha value is -3.58. The quantitative estimate of drug-likeness (QED) is 0.213. The molecule has 0 spiro atoms. The largest absolute Gasteiger partial charge is 0.416 e. The van der Waals surface area contributed by atoms with Crippen LogP contribution in [0.15, 0.2) is 54.6 Å². The van der Waals surface area contributed by atoms with E-state index in [0.29, 0.717) is 0 Å². The molecule has 0 aliphatic carbocycles. The lowest BCUT2D eigenvalue weighted by Crippen LogP contribution is -2.53. The molecule has 3 rings (SSSR count). The summed E-state index contributed by atoms with van der Waals surface area (Å²) in [4.78, 5) is 0. The summed E-state index contributed by atoms with van der Waals surface area (Å²) in [6, 6.07) is -2.95. The minimum Gasteiger partial charge on any atom is -0.394 e. The van der Waals surface area contributed by atoms with Crippen LogP contribution in [0, 0.1) is 0 Å². The van der Waals surface area contributed by atoms with Gasteiger partial charge in [-0.2, -0.15) is 79.0 Å². The minimum absolute atomic E-state index is 0.167. The highest BCUT2D eigenvalue weighted by molar-refractivity contribution is 6.95. The van der Waals surface area contributed by atoms with Crippen molar-refractivity contribution < 1.29 is 84.1 Å². The van der Waals surface area contributed by atoms with Gasteiger partial charge in [0.1, 0.15) is 0 Å². The average Bonchev–Trinajstić information content (AvgIpc) is 2.85. The Bertz CT molecular complexity index is 1260. The molecule has 0 radical (unpaired) electrons. The molecule has 0 fully saturated rings. The summed E-state index contributed by atoms with van der Waals surface area (Å²) < 4.78 is 243. The van der Waals surface area contributed by atoms with Crippen LogP contribution in [-0.2, 0) is 37.1 Å². The van der Waals surface area contributed by atoms with Crippen LogP contribution >= 0.6 is 0 Å². The number of aliphatic hydroxyl groups excluding tert-OH is 1. The van der Waals surface area contributed by atoms with E-state index in [1.165, 1.54) is 0 Å². The fourth-order valence-electron chi connectivity index (χ4n) is 4.01. The lowest BCUT2D eigenvalue weighted by molar-refractivity contribution is -0.144. The smallest absolute Gasteiger partial charge is 0.394 e. The number of hydrogen-bond acceptors (Lipinski definition) is 1. The molecule has 0 bridgehead atoms. The van der Waals surface area contributed by atoms with Gasteiger partial charge in [-0.05, 0) is 32.0 Å². The number of benzene rings is 3. The van der Waals surface area contributed by atoms with Crippen LogP contribution in [0.25, 0.3) is 0 Å². The average molecular weight is 710 g/mol.